The molecule has 0 aliphatic carbocycles. The molecule has 0 bridgehead atoms. The number of anilines is 1. The van der Waals surface area contributed by atoms with Gasteiger partial charge in [0.15, 0.2) is 0 Å². The zero-order valence-corrected chi connectivity index (χ0v) is 10.4. The van der Waals surface area contributed by atoms with E-state index >= 15 is 0 Å². The van der Waals surface area contributed by atoms with Crippen LogP contribution in [0.3, 0.4) is 0 Å². The molecule has 0 unspecified atom stereocenters. The van der Waals surface area contributed by atoms with Crippen LogP contribution < -0.4 is 10.5 Å². The van der Waals surface area contributed by atoms with Gasteiger partial charge in [-0.3, -0.25) is 0 Å². The number of ether oxygens (including phenoxy) is 1. The number of aromatic nitrogens is 1. The van der Waals surface area contributed by atoms with E-state index < -0.39 is 0 Å². The smallest absolute Gasteiger partial charge is 0.215 e. The lowest BCUT2D eigenvalue weighted by molar-refractivity contribution is 0.294. The lowest BCUT2D eigenvalue weighted by Crippen LogP contribution is -1.98. The summed E-state index contributed by atoms with van der Waals surface area (Å²) in [4.78, 5) is 4.04. The molecular formula is C12H13BrN2O. The summed E-state index contributed by atoms with van der Waals surface area (Å²) in [6.07, 6.45) is 0. The number of halogens is 1. The fraction of sp³-hybridized carbons (Fsp3) is 0.0833. The number of nitrogen functional groups attached to an aromatic ring is 1. The van der Waals surface area contributed by atoms with Crippen molar-refractivity contribution in [1.29, 1.82) is 0 Å². The Morgan fingerprint density at radius 1 is 1.00 bits per heavy atom. The van der Waals surface area contributed by atoms with Crippen LogP contribution in [-0.2, 0) is 6.61 Å². The van der Waals surface area contributed by atoms with E-state index in [9.17, 15) is 0 Å². The van der Waals surface area contributed by atoms with Crippen molar-refractivity contribution in [2.45, 2.75) is 6.61 Å². The normalized spacial score (nSPS) is 9.25. The molecule has 0 aliphatic heterocycles. The molecule has 0 amide bonds. The Balaban J connectivity index is 0.00000128. The van der Waals surface area contributed by atoms with Gasteiger partial charge in [0.05, 0.1) is 0 Å². The first-order valence-corrected chi connectivity index (χ1v) is 4.74. The number of nitrogens with zero attached hydrogens (tertiary/aromatic N) is 1. The predicted molar refractivity (Wildman–Crippen MR) is 69.7 cm³/mol. The van der Waals surface area contributed by atoms with Gasteiger partial charge < -0.3 is 10.5 Å². The summed E-state index contributed by atoms with van der Waals surface area (Å²) in [5.74, 6) is 1.03. The fourth-order valence-electron chi connectivity index (χ4n) is 1.24. The SMILES string of the molecule is Br.Nc1cccc(OCc2ccccc2)n1. The molecule has 1 heterocycles. The Hall–Kier alpha value is -1.55. The number of pyridine rings is 1. The van der Waals surface area contributed by atoms with Crippen LogP contribution in [0.25, 0.3) is 0 Å². The summed E-state index contributed by atoms with van der Waals surface area (Å²) in [6.45, 7) is 0.511. The number of rotatable bonds is 3. The third-order valence-corrected chi connectivity index (χ3v) is 1.97. The van der Waals surface area contributed by atoms with Crippen LogP contribution in [0.15, 0.2) is 48.5 Å². The molecule has 0 radical (unpaired) electrons. The third-order valence-electron chi connectivity index (χ3n) is 1.97. The zero-order valence-electron chi connectivity index (χ0n) is 8.67. The van der Waals surface area contributed by atoms with E-state index in [1.54, 1.807) is 12.1 Å². The van der Waals surface area contributed by atoms with Crippen molar-refractivity contribution in [1.82, 2.24) is 4.98 Å². The van der Waals surface area contributed by atoms with Crippen LogP contribution in [0.5, 0.6) is 5.88 Å². The molecule has 0 saturated heterocycles. The molecule has 0 atom stereocenters. The molecule has 2 rings (SSSR count). The Bertz CT molecular complexity index is 434. The second-order valence-corrected chi connectivity index (χ2v) is 3.17. The van der Waals surface area contributed by atoms with E-state index in [-0.39, 0.29) is 17.0 Å². The molecule has 0 aliphatic rings. The number of hydrogen-bond acceptors (Lipinski definition) is 3. The van der Waals surface area contributed by atoms with Gasteiger partial charge in [-0.15, -0.1) is 17.0 Å². The molecule has 2 aromatic rings. The molecule has 1 aromatic heterocycles. The van der Waals surface area contributed by atoms with Crippen molar-refractivity contribution in [3.63, 3.8) is 0 Å². The average molecular weight is 281 g/mol. The van der Waals surface area contributed by atoms with E-state index in [4.69, 9.17) is 10.5 Å². The molecule has 0 spiro atoms. The van der Waals surface area contributed by atoms with Gasteiger partial charge in [0.2, 0.25) is 5.88 Å². The van der Waals surface area contributed by atoms with Crippen molar-refractivity contribution in [3.8, 4) is 5.88 Å². The topological polar surface area (TPSA) is 48.1 Å². The first kappa shape index (κ1) is 12.5. The van der Waals surface area contributed by atoms with Gasteiger partial charge in [-0.25, -0.2) is 0 Å². The van der Waals surface area contributed by atoms with E-state index in [0.717, 1.165) is 5.56 Å². The Morgan fingerprint density at radius 3 is 2.44 bits per heavy atom. The van der Waals surface area contributed by atoms with Gasteiger partial charge in [-0.2, -0.15) is 4.98 Å². The third kappa shape index (κ3) is 3.55. The minimum atomic E-state index is 0. The van der Waals surface area contributed by atoms with E-state index in [1.807, 2.05) is 36.4 Å². The predicted octanol–water partition coefficient (Wildman–Crippen LogP) is 2.82. The molecule has 4 heteroatoms. The first-order chi connectivity index (χ1) is 7.34. The Labute approximate surface area is 105 Å². The monoisotopic (exact) mass is 280 g/mol. The Morgan fingerprint density at radius 2 is 1.75 bits per heavy atom. The van der Waals surface area contributed by atoms with Crippen molar-refractivity contribution < 1.29 is 4.74 Å². The van der Waals surface area contributed by atoms with Crippen LogP contribution in [0, 0.1) is 0 Å². The Kier molecular flexibility index (Phi) is 4.79. The highest BCUT2D eigenvalue weighted by molar-refractivity contribution is 8.93. The molecule has 1 aromatic carbocycles. The lowest BCUT2D eigenvalue weighted by atomic mass is 10.2. The molecule has 0 fully saturated rings. The van der Waals surface area contributed by atoms with Crippen LogP contribution >= 0.6 is 17.0 Å². The van der Waals surface area contributed by atoms with Gasteiger partial charge >= 0.3 is 0 Å². The minimum absolute atomic E-state index is 0. The number of hydrogen-bond donors (Lipinski definition) is 1. The second kappa shape index (κ2) is 6.12. The minimum Gasteiger partial charge on any atom is -0.473 e. The lowest BCUT2D eigenvalue weighted by Gasteiger charge is -2.05. The van der Waals surface area contributed by atoms with Crippen molar-refractivity contribution in [3.05, 3.63) is 54.1 Å². The average Bonchev–Trinajstić information content (AvgIpc) is 2.28. The van der Waals surface area contributed by atoms with Gasteiger partial charge in [0, 0.05) is 6.07 Å². The van der Waals surface area contributed by atoms with Gasteiger partial charge in [0.1, 0.15) is 12.4 Å². The maximum atomic E-state index is 5.54. The number of benzene rings is 1. The summed E-state index contributed by atoms with van der Waals surface area (Å²) in [5.41, 5.74) is 6.65. The van der Waals surface area contributed by atoms with Crippen LogP contribution in [0.4, 0.5) is 5.82 Å². The maximum Gasteiger partial charge on any atom is 0.215 e. The largest absolute Gasteiger partial charge is 0.473 e. The number of nitrogens with two attached hydrogens (primary N) is 1. The van der Waals surface area contributed by atoms with Crippen LogP contribution in [0.2, 0.25) is 0 Å². The van der Waals surface area contributed by atoms with E-state index in [1.165, 1.54) is 0 Å². The zero-order chi connectivity index (χ0) is 10.5. The molecule has 3 nitrogen and oxygen atoms in total. The van der Waals surface area contributed by atoms with Crippen LogP contribution in [-0.4, -0.2) is 4.98 Å². The van der Waals surface area contributed by atoms with E-state index in [2.05, 4.69) is 4.98 Å². The standard InChI is InChI=1S/C12H12N2O.BrH/c13-11-7-4-8-12(14-11)15-9-10-5-2-1-3-6-10;/h1-8H,9H2,(H2,13,14);1H. The van der Waals surface area contributed by atoms with Crippen molar-refractivity contribution >= 4 is 22.8 Å². The molecule has 84 valence electrons. The summed E-state index contributed by atoms with van der Waals surface area (Å²) in [7, 11) is 0. The van der Waals surface area contributed by atoms with Gasteiger partial charge in [0.25, 0.3) is 0 Å². The molecule has 0 saturated carbocycles. The highest BCUT2D eigenvalue weighted by Crippen LogP contribution is 2.10. The van der Waals surface area contributed by atoms with Gasteiger partial charge in [-0.05, 0) is 11.6 Å². The summed E-state index contributed by atoms with van der Waals surface area (Å²) in [5, 5.41) is 0. The molecule has 16 heavy (non-hydrogen) atoms. The quantitative estimate of drug-likeness (QED) is 0.941. The molecule has 2 N–H and O–H groups in total. The highest BCUT2D eigenvalue weighted by atomic mass is 79.9. The van der Waals surface area contributed by atoms with Gasteiger partial charge in [-0.1, -0.05) is 36.4 Å². The fourth-order valence-corrected chi connectivity index (χ4v) is 1.24. The van der Waals surface area contributed by atoms with E-state index in [0.29, 0.717) is 18.3 Å². The molecular weight excluding hydrogens is 268 g/mol. The summed E-state index contributed by atoms with van der Waals surface area (Å²) < 4.78 is 5.48. The highest BCUT2D eigenvalue weighted by Gasteiger charge is 1.96. The maximum absolute atomic E-state index is 5.54. The van der Waals surface area contributed by atoms with Crippen molar-refractivity contribution in [2.75, 3.05) is 5.73 Å². The van der Waals surface area contributed by atoms with Crippen molar-refractivity contribution in [2.24, 2.45) is 0 Å². The summed E-state index contributed by atoms with van der Waals surface area (Å²) >= 11 is 0. The first-order valence-electron chi connectivity index (χ1n) is 4.74. The summed E-state index contributed by atoms with van der Waals surface area (Å²) in [6, 6.07) is 15.3. The van der Waals surface area contributed by atoms with Crippen LogP contribution in [0.1, 0.15) is 5.56 Å². The second-order valence-electron chi connectivity index (χ2n) is 3.17.